The Bertz CT molecular complexity index is 964. The maximum atomic E-state index is 13.3. The maximum Gasteiger partial charge on any atom is 0.274 e. The third-order valence-corrected chi connectivity index (χ3v) is 7.34. The normalized spacial score (nSPS) is 21.9. The molecule has 30 heavy (non-hydrogen) atoms. The van der Waals surface area contributed by atoms with Crippen LogP contribution in [0.1, 0.15) is 16.1 Å². The molecule has 3 aliphatic heterocycles. The largest absolute Gasteiger partial charge is 0.379 e. The number of carbonyl (C=O) groups excluding carboxylic acids is 1. The zero-order chi connectivity index (χ0) is 20.5. The van der Waals surface area contributed by atoms with E-state index in [0.29, 0.717) is 44.3 Å². The van der Waals surface area contributed by atoms with Crippen molar-refractivity contribution < 1.29 is 18.5 Å². The summed E-state index contributed by atoms with van der Waals surface area (Å²) in [5.74, 6) is 0.242. The van der Waals surface area contributed by atoms with Gasteiger partial charge >= 0.3 is 0 Å². The highest BCUT2D eigenvalue weighted by Gasteiger charge is 2.33. The SMILES string of the molecule is O=C(c1nn(CCN2CCOCC2)c2c1CS(=O)c1ccccc1-2)N1CCOCC1. The molecule has 3 aliphatic rings. The summed E-state index contributed by atoms with van der Waals surface area (Å²) in [6, 6.07) is 7.77. The lowest BCUT2D eigenvalue weighted by atomic mass is 10.1. The van der Waals surface area contributed by atoms with Crippen LogP contribution in [0, 0.1) is 0 Å². The van der Waals surface area contributed by atoms with Crippen molar-refractivity contribution in [1.82, 2.24) is 19.6 Å². The smallest absolute Gasteiger partial charge is 0.274 e. The van der Waals surface area contributed by atoms with Crippen molar-refractivity contribution in [3.05, 3.63) is 35.5 Å². The number of fused-ring (bicyclic) bond motifs is 3. The lowest BCUT2D eigenvalue weighted by Gasteiger charge is -2.27. The lowest BCUT2D eigenvalue weighted by Crippen LogP contribution is -2.41. The molecule has 1 atom stereocenters. The minimum absolute atomic E-state index is 0.0870. The molecule has 9 heteroatoms. The molecule has 2 saturated heterocycles. The Morgan fingerprint density at radius 1 is 1.00 bits per heavy atom. The molecule has 160 valence electrons. The molecule has 1 aromatic carbocycles. The van der Waals surface area contributed by atoms with Crippen molar-refractivity contribution in [2.45, 2.75) is 17.2 Å². The molecule has 5 rings (SSSR count). The van der Waals surface area contributed by atoms with Gasteiger partial charge < -0.3 is 14.4 Å². The molecule has 0 aliphatic carbocycles. The summed E-state index contributed by atoms with van der Waals surface area (Å²) in [6.07, 6.45) is 0. The van der Waals surface area contributed by atoms with Crippen molar-refractivity contribution in [2.75, 3.05) is 59.2 Å². The van der Waals surface area contributed by atoms with Gasteiger partial charge in [-0.25, -0.2) is 0 Å². The second-order valence-electron chi connectivity index (χ2n) is 7.74. The maximum absolute atomic E-state index is 13.3. The zero-order valence-corrected chi connectivity index (χ0v) is 17.7. The first-order valence-electron chi connectivity index (χ1n) is 10.5. The van der Waals surface area contributed by atoms with Gasteiger partial charge in [0.05, 0.1) is 55.2 Å². The Labute approximate surface area is 178 Å². The molecule has 0 bridgehead atoms. The van der Waals surface area contributed by atoms with Crippen LogP contribution in [0.4, 0.5) is 0 Å². The molecule has 2 fully saturated rings. The minimum atomic E-state index is -1.18. The standard InChI is InChI=1S/C21H26N4O4S/c26-21(24-9-13-29-14-10-24)19-17-15-30(27)18-4-2-1-3-16(18)20(17)25(22-19)6-5-23-7-11-28-12-8-23/h1-4H,5-15H2. The van der Waals surface area contributed by atoms with Crippen LogP contribution in [0.3, 0.4) is 0 Å². The van der Waals surface area contributed by atoms with E-state index >= 15 is 0 Å². The second kappa shape index (κ2) is 8.58. The van der Waals surface area contributed by atoms with E-state index in [4.69, 9.17) is 14.6 Å². The first-order chi connectivity index (χ1) is 14.7. The summed E-state index contributed by atoms with van der Waals surface area (Å²) in [4.78, 5) is 18.2. The second-order valence-corrected chi connectivity index (χ2v) is 9.16. The van der Waals surface area contributed by atoms with Gasteiger partial charge in [0.1, 0.15) is 0 Å². The summed E-state index contributed by atoms with van der Waals surface area (Å²) in [5.41, 5.74) is 3.12. The Balaban J connectivity index is 1.52. The molecule has 0 N–H and O–H groups in total. The van der Waals surface area contributed by atoms with Crippen LogP contribution in [0.25, 0.3) is 11.3 Å². The fourth-order valence-electron chi connectivity index (χ4n) is 4.32. The number of hydrogen-bond donors (Lipinski definition) is 0. The lowest BCUT2D eigenvalue weighted by molar-refractivity contribution is 0.0297. The van der Waals surface area contributed by atoms with Crippen molar-refractivity contribution in [3.63, 3.8) is 0 Å². The third-order valence-electron chi connectivity index (χ3n) is 5.95. The Morgan fingerprint density at radius 3 is 2.47 bits per heavy atom. The molecule has 0 saturated carbocycles. The van der Waals surface area contributed by atoms with Gasteiger partial charge in [-0.15, -0.1) is 0 Å². The number of rotatable bonds is 4. The molecular weight excluding hydrogens is 404 g/mol. The predicted molar refractivity (Wildman–Crippen MR) is 112 cm³/mol. The van der Waals surface area contributed by atoms with Gasteiger partial charge in [-0.3, -0.25) is 18.6 Å². The minimum Gasteiger partial charge on any atom is -0.379 e. The number of nitrogens with zero attached hydrogens (tertiary/aromatic N) is 4. The average molecular weight is 431 g/mol. The van der Waals surface area contributed by atoms with Crippen molar-refractivity contribution in [1.29, 1.82) is 0 Å². The van der Waals surface area contributed by atoms with Crippen LogP contribution in [0.2, 0.25) is 0 Å². The Morgan fingerprint density at radius 2 is 1.70 bits per heavy atom. The quantitative estimate of drug-likeness (QED) is 0.720. The topological polar surface area (TPSA) is 76.9 Å². The fraction of sp³-hybridized carbons (Fsp3) is 0.524. The number of morpholine rings is 2. The first kappa shape index (κ1) is 19.9. The van der Waals surface area contributed by atoms with Gasteiger partial charge in [0.15, 0.2) is 5.69 Å². The Hall–Kier alpha value is -2.07. The van der Waals surface area contributed by atoms with E-state index in [1.54, 1.807) is 4.90 Å². The van der Waals surface area contributed by atoms with Gasteiger partial charge in [-0.05, 0) is 6.07 Å². The van der Waals surface area contributed by atoms with Crippen molar-refractivity contribution in [3.8, 4) is 11.3 Å². The van der Waals surface area contributed by atoms with Crippen LogP contribution < -0.4 is 0 Å². The highest BCUT2D eigenvalue weighted by atomic mass is 32.2. The van der Waals surface area contributed by atoms with Crippen LogP contribution in [-0.2, 0) is 32.6 Å². The highest BCUT2D eigenvalue weighted by molar-refractivity contribution is 7.84. The first-order valence-corrected chi connectivity index (χ1v) is 11.8. The summed E-state index contributed by atoms with van der Waals surface area (Å²) < 4.78 is 25.7. The number of carbonyl (C=O) groups is 1. The van der Waals surface area contributed by atoms with Gasteiger partial charge in [0, 0.05) is 48.7 Å². The van der Waals surface area contributed by atoms with Gasteiger partial charge in [0.25, 0.3) is 5.91 Å². The average Bonchev–Trinajstić information content (AvgIpc) is 3.17. The van der Waals surface area contributed by atoms with Gasteiger partial charge in [-0.2, -0.15) is 5.10 Å². The molecule has 1 aromatic heterocycles. The zero-order valence-electron chi connectivity index (χ0n) is 16.9. The predicted octanol–water partition coefficient (Wildman–Crippen LogP) is 0.976. The van der Waals surface area contributed by atoms with Gasteiger partial charge in [0.2, 0.25) is 0 Å². The summed E-state index contributed by atoms with van der Waals surface area (Å²) >= 11 is 0. The van der Waals surface area contributed by atoms with Crippen molar-refractivity contribution >= 4 is 16.7 Å². The van der Waals surface area contributed by atoms with E-state index in [2.05, 4.69) is 4.90 Å². The highest BCUT2D eigenvalue weighted by Crippen LogP contribution is 2.38. The van der Waals surface area contributed by atoms with E-state index < -0.39 is 10.8 Å². The van der Waals surface area contributed by atoms with E-state index in [0.717, 1.165) is 54.6 Å². The van der Waals surface area contributed by atoms with Crippen LogP contribution in [-0.4, -0.2) is 88.8 Å². The molecule has 1 amide bonds. The number of amides is 1. The number of aromatic nitrogens is 2. The fourth-order valence-corrected chi connectivity index (χ4v) is 5.65. The van der Waals surface area contributed by atoms with Crippen LogP contribution in [0.15, 0.2) is 29.2 Å². The molecule has 0 spiro atoms. The molecule has 4 heterocycles. The van der Waals surface area contributed by atoms with Crippen LogP contribution >= 0.6 is 0 Å². The third kappa shape index (κ3) is 3.71. The monoisotopic (exact) mass is 430 g/mol. The molecule has 0 radical (unpaired) electrons. The molecule has 8 nitrogen and oxygen atoms in total. The summed E-state index contributed by atoms with van der Waals surface area (Å²) in [6.45, 7) is 7.04. The number of ether oxygens (including phenoxy) is 2. The number of benzene rings is 1. The van der Waals surface area contributed by atoms with E-state index in [9.17, 15) is 9.00 Å². The van der Waals surface area contributed by atoms with E-state index in [1.165, 1.54) is 0 Å². The van der Waals surface area contributed by atoms with E-state index in [-0.39, 0.29) is 5.91 Å². The van der Waals surface area contributed by atoms with E-state index in [1.807, 2.05) is 28.9 Å². The van der Waals surface area contributed by atoms with Crippen LogP contribution in [0.5, 0.6) is 0 Å². The Kier molecular flexibility index (Phi) is 5.68. The molecular formula is C21H26N4O4S. The summed E-state index contributed by atoms with van der Waals surface area (Å²) in [7, 11) is -1.18. The summed E-state index contributed by atoms with van der Waals surface area (Å²) in [5, 5.41) is 4.78. The molecule has 1 unspecified atom stereocenters. The van der Waals surface area contributed by atoms with Gasteiger partial charge in [-0.1, -0.05) is 18.2 Å². The number of hydrogen-bond acceptors (Lipinski definition) is 6. The molecule has 2 aromatic rings. The van der Waals surface area contributed by atoms with Crippen molar-refractivity contribution in [2.24, 2.45) is 0 Å².